The van der Waals surface area contributed by atoms with E-state index in [0.29, 0.717) is 6.61 Å². The monoisotopic (exact) mass is 433 g/mol. The molecule has 1 heterocycles. The lowest BCUT2D eigenvalue weighted by Crippen LogP contribution is -2.38. The average Bonchev–Trinajstić information content (AvgIpc) is 2.69. The molecule has 4 nitrogen and oxygen atoms in total. The Morgan fingerprint density at radius 3 is 2.82 bits per heavy atom. The molecule has 7 heteroatoms. The minimum Gasteiger partial charge on any atom is -0.383 e. The second-order valence-electron chi connectivity index (χ2n) is 3.08. The molecule has 0 aliphatic carbocycles. The maximum absolute atomic E-state index is 4.95. The molecule has 17 heavy (non-hydrogen) atoms. The number of nitrogens with one attached hydrogen (secondary N) is 2. The van der Waals surface area contributed by atoms with Crippen molar-refractivity contribution in [3.05, 3.63) is 20.8 Å². The van der Waals surface area contributed by atoms with Gasteiger partial charge in [0.1, 0.15) is 0 Å². The molecule has 0 fully saturated rings. The third-order valence-electron chi connectivity index (χ3n) is 1.87. The predicted octanol–water partition coefficient (Wildman–Crippen LogP) is 2.44. The summed E-state index contributed by atoms with van der Waals surface area (Å²) < 4.78 is 6.08. The zero-order valence-corrected chi connectivity index (χ0v) is 14.6. The summed E-state index contributed by atoms with van der Waals surface area (Å²) in [6.07, 6.45) is 0. The van der Waals surface area contributed by atoms with Crippen molar-refractivity contribution in [2.24, 2.45) is 4.99 Å². The molecule has 0 bridgehead atoms. The van der Waals surface area contributed by atoms with Gasteiger partial charge in [0.05, 0.1) is 13.2 Å². The number of aliphatic imine (C=N–C) groups is 1. The molecule has 0 amide bonds. The fourth-order valence-corrected chi connectivity index (χ4v) is 2.50. The molecule has 0 atom stereocenters. The highest BCUT2D eigenvalue weighted by Crippen LogP contribution is 2.19. The van der Waals surface area contributed by atoms with E-state index in [2.05, 4.69) is 43.0 Å². The van der Waals surface area contributed by atoms with Crippen LogP contribution < -0.4 is 10.6 Å². The van der Waals surface area contributed by atoms with Crippen molar-refractivity contribution in [1.82, 2.24) is 10.6 Å². The van der Waals surface area contributed by atoms with E-state index < -0.39 is 0 Å². The van der Waals surface area contributed by atoms with E-state index in [1.165, 1.54) is 4.88 Å². The van der Waals surface area contributed by atoms with Crippen LogP contribution in [0.25, 0.3) is 0 Å². The number of halogens is 2. The van der Waals surface area contributed by atoms with Gasteiger partial charge in [-0.05, 0) is 22.0 Å². The van der Waals surface area contributed by atoms with Crippen molar-refractivity contribution in [2.45, 2.75) is 6.54 Å². The molecule has 98 valence electrons. The fourth-order valence-electron chi connectivity index (χ4n) is 1.11. The zero-order chi connectivity index (χ0) is 11.8. The number of hydrogen-bond donors (Lipinski definition) is 2. The van der Waals surface area contributed by atoms with E-state index in [1.807, 2.05) is 0 Å². The van der Waals surface area contributed by atoms with Gasteiger partial charge in [-0.3, -0.25) is 4.99 Å². The van der Waals surface area contributed by atoms with E-state index in [-0.39, 0.29) is 24.0 Å². The highest BCUT2D eigenvalue weighted by atomic mass is 127. The Labute approximate surface area is 131 Å². The smallest absolute Gasteiger partial charge is 0.191 e. The standard InChI is InChI=1S/C10H16BrN3OS.HI/c1-12-10(13-3-4-15-2)14-6-9-5-8(11)7-16-9;/h5,7H,3-4,6H2,1-2H3,(H2,12,13,14);1H. The summed E-state index contributed by atoms with van der Waals surface area (Å²) in [5, 5.41) is 8.45. The maximum atomic E-state index is 4.95. The van der Waals surface area contributed by atoms with E-state index in [1.54, 1.807) is 25.5 Å². The summed E-state index contributed by atoms with van der Waals surface area (Å²) in [5.74, 6) is 0.793. The Kier molecular flexibility index (Phi) is 10.2. The van der Waals surface area contributed by atoms with E-state index in [0.717, 1.165) is 23.5 Å². The van der Waals surface area contributed by atoms with Gasteiger partial charge < -0.3 is 15.4 Å². The van der Waals surface area contributed by atoms with Crippen LogP contribution >= 0.6 is 51.2 Å². The summed E-state index contributed by atoms with van der Waals surface area (Å²) in [7, 11) is 3.44. The highest BCUT2D eigenvalue weighted by molar-refractivity contribution is 14.0. The second kappa shape index (κ2) is 10.1. The molecule has 0 aliphatic heterocycles. The van der Waals surface area contributed by atoms with Gasteiger partial charge in [-0.1, -0.05) is 0 Å². The number of guanidine groups is 1. The van der Waals surface area contributed by atoms with E-state index in [4.69, 9.17) is 4.74 Å². The molecule has 0 unspecified atom stereocenters. The van der Waals surface area contributed by atoms with Crippen LogP contribution in [0.15, 0.2) is 20.9 Å². The van der Waals surface area contributed by atoms with Crippen LogP contribution in [0.3, 0.4) is 0 Å². The fraction of sp³-hybridized carbons (Fsp3) is 0.500. The number of ether oxygens (including phenoxy) is 1. The molecule has 0 aliphatic rings. The third kappa shape index (κ3) is 7.22. The van der Waals surface area contributed by atoms with Crippen LogP contribution in [0.2, 0.25) is 0 Å². The van der Waals surface area contributed by atoms with Crippen molar-refractivity contribution in [2.75, 3.05) is 27.3 Å². The van der Waals surface area contributed by atoms with Gasteiger partial charge in [0.2, 0.25) is 0 Å². The average molecular weight is 434 g/mol. The second-order valence-corrected chi connectivity index (χ2v) is 4.99. The first-order valence-electron chi connectivity index (χ1n) is 4.92. The number of rotatable bonds is 5. The van der Waals surface area contributed by atoms with Gasteiger partial charge in [-0.25, -0.2) is 0 Å². The normalized spacial score (nSPS) is 10.9. The minimum atomic E-state index is 0. The van der Waals surface area contributed by atoms with Crippen molar-refractivity contribution in [3.63, 3.8) is 0 Å². The Morgan fingerprint density at radius 1 is 1.53 bits per heavy atom. The molecular weight excluding hydrogens is 417 g/mol. The zero-order valence-electron chi connectivity index (χ0n) is 9.83. The minimum absolute atomic E-state index is 0. The number of methoxy groups -OCH3 is 1. The molecule has 1 aromatic heterocycles. The highest BCUT2D eigenvalue weighted by Gasteiger charge is 1.99. The van der Waals surface area contributed by atoms with Crippen molar-refractivity contribution < 1.29 is 4.74 Å². The van der Waals surface area contributed by atoms with Crippen LogP contribution in [0.4, 0.5) is 0 Å². The van der Waals surface area contributed by atoms with E-state index in [9.17, 15) is 0 Å². The first-order valence-corrected chi connectivity index (χ1v) is 6.60. The van der Waals surface area contributed by atoms with Gasteiger partial charge in [-0.2, -0.15) is 0 Å². The molecule has 0 saturated heterocycles. The quantitative estimate of drug-likeness (QED) is 0.324. The van der Waals surface area contributed by atoms with Crippen molar-refractivity contribution in [1.29, 1.82) is 0 Å². The topological polar surface area (TPSA) is 45.7 Å². The number of nitrogens with zero attached hydrogens (tertiary/aromatic N) is 1. The molecule has 0 radical (unpaired) electrons. The Balaban J connectivity index is 0.00000256. The number of thiophene rings is 1. The summed E-state index contributed by atoms with van der Waals surface area (Å²) in [5.41, 5.74) is 0. The number of hydrogen-bond acceptors (Lipinski definition) is 3. The van der Waals surface area contributed by atoms with Crippen LogP contribution in [0.1, 0.15) is 4.88 Å². The van der Waals surface area contributed by atoms with Crippen molar-refractivity contribution >= 4 is 57.2 Å². The Morgan fingerprint density at radius 2 is 2.29 bits per heavy atom. The summed E-state index contributed by atoms with van der Waals surface area (Å²) in [6, 6.07) is 2.10. The maximum Gasteiger partial charge on any atom is 0.191 e. The summed E-state index contributed by atoms with van der Waals surface area (Å²) in [4.78, 5) is 5.38. The molecule has 0 spiro atoms. The Hall–Kier alpha value is 0.140. The van der Waals surface area contributed by atoms with Gasteiger partial charge in [-0.15, -0.1) is 35.3 Å². The largest absolute Gasteiger partial charge is 0.383 e. The molecular formula is C10H17BrIN3OS. The van der Waals surface area contributed by atoms with Gasteiger partial charge >= 0.3 is 0 Å². The lowest BCUT2D eigenvalue weighted by atomic mass is 10.4. The van der Waals surface area contributed by atoms with Crippen LogP contribution in [0.5, 0.6) is 0 Å². The van der Waals surface area contributed by atoms with Gasteiger partial charge in [0.15, 0.2) is 5.96 Å². The van der Waals surface area contributed by atoms with Gasteiger partial charge in [0.25, 0.3) is 0 Å². The summed E-state index contributed by atoms with van der Waals surface area (Å²) >= 11 is 5.14. The first kappa shape index (κ1) is 17.1. The predicted molar refractivity (Wildman–Crippen MR) is 87.5 cm³/mol. The molecule has 0 aromatic carbocycles. The van der Waals surface area contributed by atoms with E-state index >= 15 is 0 Å². The Bertz CT molecular complexity index is 346. The molecule has 2 N–H and O–H groups in total. The van der Waals surface area contributed by atoms with Crippen LogP contribution in [-0.4, -0.2) is 33.3 Å². The molecule has 1 rings (SSSR count). The first-order chi connectivity index (χ1) is 7.76. The lowest BCUT2D eigenvalue weighted by molar-refractivity contribution is 0.203. The summed E-state index contributed by atoms with van der Waals surface area (Å²) in [6.45, 7) is 2.21. The SMILES string of the molecule is CN=C(NCCOC)NCc1cc(Br)cs1.I. The third-order valence-corrected chi connectivity index (χ3v) is 3.57. The molecule has 1 aromatic rings. The van der Waals surface area contributed by atoms with Crippen LogP contribution in [-0.2, 0) is 11.3 Å². The lowest BCUT2D eigenvalue weighted by Gasteiger charge is -2.10. The van der Waals surface area contributed by atoms with Crippen molar-refractivity contribution in [3.8, 4) is 0 Å². The molecule has 0 saturated carbocycles. The van der Waals surface area contributed by atoms with Gasteiger partial charge in [0, 0.05) is 35.4 Å². The van der Waals surface area contributed by atoms with Crippen LogP contribution in [0, 0.1) is 0 Å².